The van der Waals surface area contributed by atoms with Crippen LogP contribution in [0.5, 0.6) is 0 Å². The van der Waals surface area contributed by atoms with Gasteiger partial charge in [0.25, 0.3) is 5.91 Å². The smallest absolute Gasteiger partial charge is 0.289 e. The number of nitrogens with zero attached hydrogens (tertiary/aromatic N) is 1. The molecule has 2 rings (SSSR count). The lowest BCUT2D eigenvalue weighted by Crippen LogP contribution is -2.29. The predicted octanol–water partition coefficient (Wildman–Crippen LogP) is 2.01. The molecule has 2 N–H and O–H groups in total. The average molecular weight is 274 g/mol. The number of carbonyl (C=O) groups is 1. The Hall–Kier alpha value is -2.14. The second-order valence-corrected chi connectivity index (χ2v) is 4.94. The van der Waals surface area contributed by atoms with Gasteiger partial charge in [-0.25, -0.2) is 0 Å². The SMILES string of the molecule is Cc1ccc(-c2cc(C(=O)NCC(C)CO)on2)cc1. The van der Waals surface area contributed by atoms with Crippen LogP contribution >= 0.6 is 0 Å². The topological polar surface area (TPSA) is 75.4 Å². The molecule has 0 fully saturated rings. The lowest BCUT2D eigenvalue weighted by molar-refractivity contribution is 0.0905. The normalized spacial score (nSPS) is 12.2. The van der Waals surface area contributed by atoms with Gasteiger partial charge in [0.1, 0.15) is 5.69 Å². The van der Waals surface area contributed by atoms with E-state index in [1.165, 1.54) is 0 Å². The van der Waals surface area contributed by atoms with Gasteiger partial charge in [-0.3, -0.25) is 4.79 Å². The van der Waals surface area contributed by atoms with Crippen molar-refractivity contribution >= 4 is 5.91 Å². The summed E-state index contributed by atoms with van der Waals surface area (Å²) >= 11 is 0. The molecule has 1 heterocycles. The summed E-state index contributed by atoms with van der Waals surface area (Å²) < 4.78 is 5.05. The minimum atomic E-state index is -0.323. The maximum atomic E-state index is 11.8. The zero-order valence-electron chi connectivity index (χ0n) is 11.6. The minimum absolute atomic E-state index is 0.0124. The number of nitrogens with one attached hydrogen (secondary N) is 1. The summed E-state index contributed by atoms with van der Waals surface area (Å²) in [5.41, 5.74) is 2.70. The van der Waals surface area contributed by atoms with Crippen molar-refractivity contribution in [2.75, 3.05) is 13.2 Å². The van der Waals surface area contributed by atoms with Gasteiger partial charge in [0, 0.05) is 24.8 Å². The Labute approximate surface area is 117 Å². The van der Waals surface area contributed by atoms with Crippen molar-refractivity contribution in [2.45, 2.75) is 13.8 Å². The summed E-state index contributed by atoms with van der Waals surface area (Å²) in [7, 11) is 0. The molecule has 0 aliphatic rings. The first kappa shape index (κ1) is 14.3. The lowest BCUT2D eigenvalue weighted by atomic mass is 10.1. The number of aromatic nitrogens is 1. The largest absolute Gasteiger partial charge is 0.396 e. The highest BCUT2D eigenvalue weighted by molar-refractivity contribution is 5.92. The molecule has 5 heteroatoms. The Bertz CT molecular complexity index is 575. The van der Waals surface area contributed by atoms with Crippen LogP contribution in [0.1, 0.15) is 23.0 Å². The molecule has 0 saturated carbocycles. The van der Waals surface area contributed by atoms with Crippen molar-refractivity contribution in [3.63, 3.8) is 0 Å². The zero-order valence-corrected chi connectivity index (χ0v) is 11.6. The predicted molar refractivity (Wildman–Crippen MR) is 75.3 cm³/mol. The van der Waals surface area contributed by atoms with Crippen LogP contribution < -0.4 is 5.32 Å². The molecule has 0 aliphatic carbocycles. The van der Waals surface area contributed by atoms with Crippen LogP contribution in [0.2, 0.25) is 0 Å². The zero-order chi connectivity index (χ0) is 14.5. The molecule has 2 aromatic rings. The van der Waals surface area contributed by atoms with E-state index in [1.807, 2.05) is 38.1 Å². The molecule has 1 amide bonds. The van der Waals surface area contributed by atoms with Gasteiger partial charge in [0.2, 0.25) is 5.76 Å². The molecular weight excluding hydrogens is 256 g/mol. The van der Waals surface area contributed by atoms with Crippen LogP contribution in [-0.4, -0.2) is 29.3 Å². The molecule has 1 unspecified atom stereocenters. The van der Waals surface area contributed by atoms with E-state index in [0.29, 0.717) is 12.2 Å². The van der Waals surface area contributed by atoms with Gasteiger partial charge in [-0.05, 0) is 12.8 Å². The van der Waals surface area contributed by atoms with Crippen LogP contribution in [0.15, 0.2) is 34.9 Å². The maximum Gasteiger partial charge on any atom is 0.289 e. The number of aliphatic hydroxyl groups excluding tert-OH is 1. The number of carbonyl (C=O) groups excluding carboxylic acids is 1. The van der Waals surface area contributed by atoms with E-state index >= 15 is 0 Å². The number of aryl methyl sites for hydroxylation is 1. The first-order chi connectivity index (χ1) is 9.60. The van der Waals surface area contributed by atoms with Gasteiger partial charge in [-0.2, -0.15) is 0 Å². The molecule has 0 saturated heterocycles. The standard InChI is InChI=1S/C15H18N2O3/c1-10-3-5-12(6-4-10)13-7-14(20-17-13)15(19)16-8-11(2)9-18/h3-7,11,18H,8-9H2,1-2H3,(H,16,19). The van der Waals surface area contributed by atoms with Gasteiger partial charge < -0.3 is 14.9 Å². The highest BCUT2D eigenvalue weighted by Crippen LogP contribution is 2.19. The van der Waals surface area contributed by atoms with Crippen LogP contribution in [0.3, 0.4) is 0 Å². The second kappa shape index (κ2) is 6.34. The van der Waals surface area contributed by atoms with Crippen molar-refractivity contribution in [3.8, 4) is 11.3 Å². The number of rotatable bonds is 5. The Morgan fingerprint density at radius 2 is 2.10 bits per heavy atom. The van der Waals surface area contributed by atoms with Gasteiger partial charge in [-0.1, -0.05) is 41.9 Å². The maximum absolute atomic E-state index is 11.8. The molecule has 1 aromatic heterocycles. The molecule has 0 radical (unpaired) electrons. The van der Waals surface area contributed by atoms with Gasteiger partial charge in [-0.15, -0.1) is 0 Å². The monoisotopic (exact) mass is 274 g/mol. The van der Waals surface area contributed by atoms with E-state index in [0.717, 1.165) is 11.1 Å². The highest BCUT2D eigenvalue weighted by atomic mass is 16.5. The quantitative estimate of drug-likeness (QED) is 0.874. The molecule has 1 atom stereocenters. The summed E-state index contributed by atoms with van der Waals surface area (Å²) in [6.45, 7) is 4.29. The number of aliphatic hydroxyl groups is 1. The Kier molecular flexibility index (Phi) is 4.53. The Morgan fingerprint density at radius 3 is 2.75 bits per heavy atom. The van der Waals surface area contributed by atoms with Crippen LogP contribution in [0.4, 0.5) is 0 Å². The second-order valence-electron chi connectivity index (χ2n) is 4.94. The van der Waals surface area contributed by atoms with Crippen molar-refractivity contribution in [1.82, 2.24) is 10.5 Å². The van der Waals surface area contributed by atoms with E-state index < -0.39 is 0 Å². The molecule has 1 aromatic carbocycles. The van der Waals surface area contributed by atoms with Gasteiger partial charge in [0.15, 0.2) is 0 Å². The van der Waals surface area contributed by atoms with E-state index in [1.54, 1.807) is 6.07 Å². The van der Waals surface area contributed by atoms with E-state index in [4.69, 9.17) is 9.63 Å². The number of hydrogen-bond acceptors (Lipinski definition) is 4. The summed E-state index contributed by atoms with van der Waals surface area (Å²) in [5.74, 6) is -0.139. The Balaban J connectivity index is 2.05. The molecule has 5 nitrogen and oxygen atoms in total. The highest BCUT2D eigenvalue weighted by Gasteiger charge is 2.14. The summed E-state index contributed by atoms with van der Waals surface area (Å²) in [4.78, 5) is 11.8. The van der Waals surface area contributed by atoms with Gasteiger partial charge >= 0.3 is 0 Å². The van der Waals surface area contributed by atoms with Crippen LogP contribution in [0.25, 0.3) is 11.3 Å². The number of hydrogen-bond donors (Lipinski definition) is 2. The lowest BCUT2D eigenvalue weighted by Gasteiger charge is -2.07. The average Bonchev–Trinajstić information content (AvgIpc) is 2.95. The molecule has 0 spiro atoms. The van der Waals surface area contributed by atoms with Gasteiger partial charge in [0.05, 0.1) is 0 Å². The fraction of sp³-hybridized carbons (Fsp3) is 0.333. The van der Waals surface area contributed by atoms with Crippen LogP contribution in [-0.2, 0) is 0 Å². The molecular formula is C15H18N2O3. The third-order valence-electron chi connectivity index (χ3n) is 3.00. The molecule has 106 valence electrons. The summed E-state index contributed by atoms with van der Waals surface area (Å²) in [6, 6.07) is 9.44. The van der Waals surface area contributed by atoms with E-state index in [-0.39, 0.29) is 24.2 Å². The summed E-state index contributed by atoms with van der Waals surface area (Å²) in [6.07, 6.45) is 0. The first-order valence-corrected chi connectivity index (χ1v) is 6.53. The van der Waals surface area contributed by atoms with Crippen LogP contribution in [0, 0.1) is 12.8 Å². The van der Waals surface area contributed by atoms with Crippen molar-refractivity contribution in [3.05, 3.63) is 41.7 Å². The third-order valence-corrected chi connectivity index (χ3v) is 3.00. The third kappa shape index (κ3) is 3.45. The molecule has 0 aliphatic heterocycles. The number of benzene rings is 1. The molecule has 20 heavy (non-hydrogen) atoms. The fourth-order valence-electron chi connectivity index (χ4n) is 1.66. The van der Waals surface area contributed by atoms with Crippen molar-refractivity contribution < 1.29 is 14.4 Å². The van der Waals surface area contributed by atoms with E-state index in [9.17, 15) is 4.79 Å². The van der Waals surface area contributed by atoms with E-state index in [2.05, 4.69) is 10.5 Å². The molecule has 0 bridgehead atoms. The first-order valence-electron chi connectivity index (χ1n) is 6.53. The Morgan fingerprint density at radius 1 is 1.40 bits per heavy atom. The summed E-state index contributed by atoms with van der Waals surface area (Å²) in [5, 5.41) is 15.5. The minimum Gasteiger partial charge on any atom is -0.396 e. The van der Waals surface area contributed by atoms with Crippen molar-refractivity contribution in [2.24, 2.45) is 5.92 Å². The van der Waals surface area contributed by atoms with Crippen molar-refractivity contribution in [1.29, 1.82) is 0 Å². The number of amides is 1. The fourth-order valence-corrected chi connectivity index (χ4v) is 1.66.